The van der Waals surface area contributed by atoms with Gasteiger partial charge in [-0.3, -0.25) is 4.68 Å². The van der Waals surface area contributed by atoms with Crippen molar-refractivity contribution in [2.75, 3.05) is 5.32 Å². The highest BCUT2D eigenvalue weighted by atomic mass is 32.1. The van der Waals surface area contributed by atoms with E-state index in [9.17, 15) is 4.39 Å². The van der Waals surface area contributed by atoms with Crippen LogP contribution < -0.4 is 10.6 Å². The van der Waals surface area contributed by atoms with E-state index in [1.165, 1.54) is 12.1 Å². The van der Waals surface area contributed by atoms with Crippen LogP contribution in [0.2, 0.25) is 0 Å². The minimum atomic E-state index is -0.243. The van der Waals surface area contributed by atoms with Gasteiger partial charge in [-0.25, -0.2) is 4.39 Å². The molecule has 0 aliphatic carbocycles. The summed E-state index contributed by atoms with van der Waals surface area (Å²) in [5, 5.41) is 11.3. The molecule has 0 amide bonds. The van der Waals surface area contributed by atoms with E-state index < -0.39 is 0 Å². The van der Waals surface area contributed by atoms with Crippen molar-refractivity contribution in [3.05, 3.63) is 71.2 Å². The summed E-state index contributed by atoms with van der Waals surface area (Å²) in [5.41, 5.74) is 3.67. The number of benzene rings is 1. The molecule has 2 heterocycles. The smallest absolute Gasteiger partial charge is 0.171 e. The summed E-state index contributed by atoms with van der Waals surface area (Å²) in [4.78, 5) is 0. The monoisotopic (exact) mass is 358 g/mol. The normalized spacial score (nSPS) is 10.7. The molecule has 25 heavy (non-hydrogen) atoms. The molecule has 5 nitrogen and oxygen atoms in total. The minimum absolute atomic E-state index is 0.243. The molecular weight excluding hydrogens is 339 g/mol. The fourth-order valence-corrected chi connectivity index (χ4v) is 2.71. The maximum atomic E-state index is 13.0. The number of nitrogens with zero attached hydrogens (tertiary/aromatic N) is 2. The molecule has 2 N–H and O–H groups in total. The van der Waals surface area contributed by atoms with Crippen LogP contribution in [-0.2, 0) is 13.1 Å². The van der Waals surface area contributed by atoms with E-state index in [4.69, 9.17) is 16.6 Å². The van der Waals surface area contributed by atoms with Gasteiger partial charge in [0.2, 0.25) is 0 Å². The molecule has 0 spiro atoms. The van der Waals surface area contributed by atoms with E-state index in [0.717, 1.165) is 28.4 Å². The van der Waals surface area contributed by atoms with Crippen molar-refractivity contribution in [3.63, 3.8) is 0 Å². The lowest BCUT2D eigenvalue weighted by molar-refractivity contribution is 0.503. The second-order valence-electron chi connectivity index (χ2n) is 5.72. The number of thiocarbonyl (C=S) groups is 1. The lowest BCUT2D eigenvalue weighted by atomic mass is 10.2. The number of aryl methyl sites for hydroxylation is 1. The molecule has 7 heteroatoms. The maximum Gasteiger partial charge on any atom is 0.171 e. The second-order valence-corrected chi connectivity index (χ2v) is 6.13. The number of halogens is 1. The zero-order valence-corrected chi connectivity index (χ0v) is 14.9. The van der Waals surface area contributed by atoms with Crippen molar-refractivity contribution < 1.29 is 8.81 Å². The maximum absolute atomic E-state index is 13.0. The van der Waals surface area contributed by atoms with Crippen LogP contribution >= 0.6 is 12.2 Å². The van der Waals surface area contributed by atoms with E-state index in [-0.39, 0.29) is 5.82 Å². The highest BCUT2D eigenvalue weighted by molar-refractivity contribution is 7.80. The van der Waals surface area contributed by atoms with Crippen LogP contribution in [0.15, 0.2) is 47.1 Å². The van der Waals surface area contributed by atoms with Crippen molar-refractivity contribution >= 4 is 23.0 Å². The van der Waals surface area contributed by atoms with Crippen LogP contribution in [0.5, 0.6) is 0 Å². The Labute approximate surface area is 150 Å². The first-order valence-electron chi connectivity index (χ1n) is 7.88. The van der Waals surface area contributed by atoms with Gasteiger partial charge in [0.05, 0.1) is 36.4 Å². The van der Waals surface area contributed by atoms with Gasteiger partial charge in [0.25, 0.3) is 0 Å². The summed E-state index contributed by atoms with van der Waals surface area (Å²) >= 11 is 5.34. The summed E-state index contributed by atoms with van der Waals surface area (Å²) in [5.74, 6) is 0.567. The number of hydrogen-bond donors (Lipinski definition) is 2. The van der Waals surface area contributed by atoms with Crippen molar-refractivity contribution in [3.8, 4) is 0 Å². The van der Waals surface area contributed by atoms with E-state index in [2.05, 4.69) is 15.7 Å². The summed E-state index contributed by atoms with van der Waals surface area (Å²) < 4.78 is 20.2. The first-order valence-corrected chi connectivity index (χ1v) is 8.29. The molecule has 0 fully saturated rings. The van der Waals surface area contributed by atoms with Crippen LogP contribution in [0.4, 0.5) is 10.1 Å². The van der Waals surface area contributed by atoms with Gasteiger partial charge in [-0.1, -0.05) is 12.1 Å². The van der Waals surface area contributed by atoms with Gasteiger partial charge in [-0.2, -0.15) is 5.10 Å². The van der Waals surface area contributed by atoms with Gasteiger partial charge in [0.1, 0.15) is 11.6 Å². The molecule has 0 bridgehead atoms. The van der Waals surface area contributed by atoms with Crippen LogP contribution in [0.25, 0.3) is 0 Å². The summed E-state index contributed by atoms with van der Waals surface area (Å²) in [6.45, 7) is 4.98. The molecule has 0 radical (unpaired) electrons. The second kappa shape index (κ2) is 7.48. The predicted molar refractivity (Wildman–Crippen MR) is 99.0 cm³/mol. The molecule has 0 saturated carbocycles. The standard InChI is InChI=1S/C18H19FN4OS/c1-12-17(21-18(25)20-10-16-4-3-9-24-16)13(2)23(22-12)11-14-5-7-15(19)8-6-14/h3-9H,10-11H2,1-2H3,(H2,20,21,25). The number of nitrogens with one attached hydrogen (secondary N) is 2. The molecule has 0 aliphatic heterocycles. The van der Waals surface area contributed by atoms with Gasteiger partial charge < -0.3 is 15.1 Å². The average molecular weight is 358 g/mol. The predicted octanol–water partition coefficient (Wildman–Crippen LogP) is 3.77. The third-order valence-corrected chi connectivity index (χ3v) is 4.12. The number of rotatable bonds is 5. The van der Waals surface area contributed by atoms with E-state index in [1.807, 2.05) is 30.7 Å². The number of furan rings is 1. The lowest BCUT2D eigenvalue weighted by Crippen LogP contribution is -2.28. The van der Waals surface area contributed by atoms with Crippen LogP contribution in [0.3, 0.4) is 0 Å². The van der Waals surface area contributed by atoms with Gasteiger partial charge in [0.15, 0.2) is 5.11 Å². The van der Waals surface area contributed by atoms with Gasteiger partial charge in [0, 0.05) is 0 Å². The fourth-order valence-electron chi connectivity index (χ4n) is 2.53. The number of anilines is 1. The third-order valence-electron chi connectivity index (χ3n) is 3.87. The largest absolute Gasteiger partial charge is 0.467 e. The minimum Gasteiger partial charge on any atom is -0.467 e. The average Bonchev–Trinajstić information content (AvgIpc) is 3.19. The Balaban J connectivity index is 1.66. The van der Waals surface area contributed by atoms with Crippen molar-refractivity contribution in [2.24, 2.45) is 0 Å². The van der Waals surface area contributed by atoms with Gasteiger partial charge in [-0.15, -0.1) is 0 Å². The summed E-state index contributed by atoms with van der Waals surface area (Å²) in [6.07, 6.45) is 1.63. The summed E-state index contributed by atoms with van der Waals surface area (Å²) in [6, 6.07) is 10.1. The van der Waals surface area contributed by atoms with Crippen molar-refractivity contribution in [2.45, 2.75) is 26.9 Å². The van der Waals surface area contributed by atoms with Gasteiger partial charge >= 0.3 is 0 Å². The van der Waals surface area contributed by atoms with E-state index >= 15 is 0 Å². The van der Waals surface area contributed by atoms with Crippen LogP contribution in [-0.4, -0.2) is 14.9 Å². The molecule has 1 aromatic carbocycles. The SMILES string of the molecule is Cc1nn(Cc2ccc(F)cc2)c(C)c1NC(=S)NCc1ccco1. The van der Waals surface area contributed by atoms with Crippen molar-refractivity contribution in [1.82, 2.24) is 15.1 Å². The highest BCUT2D eigenvalue weighted by Crippen LogP contribution is 2.20. The molecular formula is C18H19FN4OS. The third kappa shape index (κ3) is 4.24. The van der Waals surface area contributed by atoms with Crippen molar-refractivity contribution in [1.29, 1.82) is 0 Å². The van der Waals surface area contributed by atoms with Gasteiger partial charge in [-0.05, 0) is 55.9 Å². The first kappa shape index (κ1) is 17.2. The van der Waals surface area contributed by atoms with Crippen LogP contribution in [0, 0.1) is 19.7 Å². The Kier molecular flexibility index (Phi) is 5.14. The highest BCUT2D eigenvalue weighted by Gasteiger charge is 2.13. The Morgan fingerprint density at radius 1 is 1.24 bits per heavy atom. The number of aromatic nitrogens is 2. The Morgan fingerprint density at radius 2 is 2.00 bits per heavy atom. The topological polar surface area (TPSA) is 55.0 Å². The molecule has 2 aromatic heterocycles. The van der Waals surface area contributed by atoms with E-state index in [1.54, 1.807) is 18.4 Å². The molecule has 3 rings (SSSR count). The Morgan fingerprint density at radius 3 is 2.68 bits per heavy atom. The Bertz CT molecular complexity index is 856. The summed E-state index contributed by atoms with van der Waals surface area (Å²) in [7, 11) is 0. The zero-order valence-electron chi connectivity index (χ0n) is 14.0. The molecule has 3 aromatic rings. The van der Waals surface area contributed by atoms with Crippen LogP contribution in [0.1, 0.15) is 22.7 Å². The van der Waals surface area contributed by atoms with E-state index in [0.29, 0.717) is 18.2 Å². The molecule has 0 aliphatic rings. The molecule has 130 valence electrons. The fraction of sp³-hybridized carbons (Fsp3) is 0.222. The quantitative estimate of drug-likeness (QED) is 0.680. The number of hydrogen-bond acceptors (Lipinski definition) is 3. The first-order chi connectivity index (χ1) is 12.0. The molecule has 0 saturated heterocycles. The lowest BCUT2D eigenvalue weighted by Gasteiger charge is -2.10. The Hall–Kier alpha value is -2.67. The molecule has 0 unspecified atom stereocenters. The molecule has 0 atom stereocenters. The zero-order chi connectivity index (χ0) is 17.8.